The highest BCUT2D eigenvalue weighted by Crippen LogP contribution is 2.17. The number of hydrogen-bond donors (Lipinski definition) is 1. The lowest BCUT2D eigenvalue weighted by molar-refractivity contribution is 0.167. The Morgan fingerprint density at radius 2 is 2.00 bits per heavy atom. The largest absolute Gasteiger partial charge is 0.313 e. The first kappa shape index (κ1) is 13.0. The van der Waals surface area contributed by atoms with Crippen LogP contribution in [0, 0.1) is 11.8 Å². The third-order valence-corrected chi connectivity index (χ3v) is 3.93. The molecule has 1 saturated heterocycles. The average molecular weight is 212 g/mol. The summed E-state index contributed by atoms with van der Waals surface area (Å²) in [5, 5.41) is 3.63. The van der Waals surface area contributed by atoms with E-state index >= 15 is 0 Å². The minimum atomic E-state index is 0.684. The molecule has 90 valence electrons. The van der Waals surface area contributed by atoms with Gasteiger partial charge in [0, 0.05) is 18.6 Å². The number of nitrogens with zero attached hydrogens (tertiary/aromatic N) is 1. The van der Waals surface area contributed by atoms with E-state index in [2.05, 4.69) is 45.0 Å². The Balaban J connectivity index is 2.33. The van der Waals surface area contributed by atoms with Gasteiger partial charge in [0.05, 0.1) is 0 Å². The van der Waals surface area contributed by atoms with Crippen LogP contribution < -0.4 is 5.32 Å². The summed E-state index contributed by atoms with van der Waals surface area (Å²) in [6, 6.07) is 1.39. The molecule has 3 atom stereocenters. The van der Waals surface area contributed by atoms with Gasteiger partial charge in [0.1, 0.15) is 0 Å². The maximum absolute atomic E-state index is 3.63. The van der Waals surface area contributed by atoms with Gasteiger partial charge in [0.2, 0.25) is 0 Å². The van der Waals surface area contributed by atoms with Crippen LogP contribution in [-0.4, -0.2) is 37.1 Å². The molecule has 1 aliphatic rings. The highest BCUT2D eigenvalue weighted by atomic mass is 15.2. The van der Waals surface area contributed by atoms with Gasteiger partial charge in [-0.15, -0.1) is 0 Å². The zero-order valence-corrected chi connectivity index (χ0v) is 11.1. The molecule has 0 aliphatic carbocycles. The summed E-state index contributed by atoms with van der Waals surface area (Å²) in [4.78, 5) is 2.50. The van der Waals surface area contributed by atoms with Gasteiger partial charge < -0.3 is 10.2 Å². The van der Waals surface area contributed by atoms with Crippen molar-refractivity contribution in [3.63, 3.8) is 0 Å². The summed E-state index contributed by atoms with van der Waals surface area (Å²) in [5.74, 6) is 1.65. The van der Waals surface area contributed by atoms with Crippen LogP contribution in [-0.2, 0) is 0 Å². The third kappa shape index (κ3) is 4.12. The first-order valence-corrected chi connectivity index (χ1v) is 6.44. The molecule has 0 radical (unpaired) electrons. The molecule has 15 heavy (non-hydrogen) atoms. The molecule has 2 heteroatoms. The van der Waals surface area contributed by atoms with E-state index in [4.69, 9.17) is 0 Å². The second-order valence-corrected chi connectivity index (χ2v) is 5.70. The van der Waals surface area contributed by atoms with Crippen LogP contribution >= 0.6 is 0 Å². The van der Waals surface area contributed by atoms with Crippen LogP contribution in [0.15, 0.2) is 0 Å². The predicted octanol–water partition coefficient (Wildman–Crippen LogP) is 2.35. The molecule has 1 heterocycles. The molecule has 1 fully saturated rings. The number of nitrogens with one attached hydrogen (secondary N) is 1. The molecule has 0 aromatic carbocycles. The average Bonchev–Trinajstić information content (AvgIpc) is 2.16. The van der Waals surface area contributed by atoms with Crippen molar-refractivity contribution in [3.8, 4) is 0 Å². The molecular weight excluding hydrogens is 184 g/mol. The van der Waals surface area contributed by atoms with Crippen LogP contribution in [0.4, 0.5) is 0 Å². The van der Waals surface area contributed by atoms with Crippen molar-refractivity contribution in [1.82, 2.24) is 10.2 Å². The van der Waals surface area contributed by atoms with Crippen LogP contribution in [0.25, 0.3) is 0 Å². The molecule has 0 saturated carbocycles. The standard InChI is InChI=1S/C13H28N2/c1-10(2)12(4)15(5)9-13-8-11(3)6-7-14-13/h10-14H,6-9H2,1-5H3. The lowest BCUT2D eigenvalue weighted by Gasteiger charge is -2.35. The van der Waals surface area contributed by atoms with E-state index in [1.807, 2.05) is 0 Å². The summed E-state index contributed by atoms with van der Waals surface area (Å²) in [5.41, 5.74) is 0. The molecule has 0 aromatic heterocycles. The number of likely N-dealkylation sites (N-methyl/N-ethyl adjacent to an activating group) is 1. The fourth-order valence-corrected chi connectivity index (χ4v) is 2.38. The smallest absolute Gasteiger partial charge is 0.0197 e. The van der Waals surface area contributed by atoms with E-state index < -0.39 is 0 Å². The molecule has 0 aromatic rings. The minimum absolute atomic E-state index is 0.684. The fourth-order valence-electron chi connectivity index (χ4n) is 2.38. The first-order valence-electron chi connectivity index (χ1n) is 6.44. The van der Waals surface area contributed by atoms with Gasteiger partial charge in [-0.1, -0.05) is 20.8 Å². The number of piperidine rings is 1. The van der Waals surface area contributed by atoms with Gasteiger partial charge >= 0.3 is 0 Å². The Labute approximate surface area is 95.4 Å². The van der Waals surface area contributed by atoms with Crippen molar-refractivity contribution in [3.05, 3.63) is 0 Å². The normalized spacial score (nSPS) is 29.8. The van der Waals surface area contributed by atoms with Gasteiger partial charge in [0.15, 0.2) is 0 Å². The van der Waals surface area contributed by atoms with Gasteiger partial charge in [-0.05, 0) is 45.2 Å². The molecule has 0 amide bonds. The van der Waals surface area contributed by atoms with E-state index in [-0.39, 0.29) is 0 Å². The van der Waals surface area contributed by atoms with E-state index in [9.17, 15) is 0 Å². The second-order valence-electron chi connectivity index (χ2n) is 5.70. The quantitative estimate of drug-likeness (QED) is 0.769. The predicted molar refractivity (Wildman–Crippen MR) is 67.1 cm³/mol. The van der Waals surface area contributed by atoms with Crippen molar-refractivity contribution in [2.24, 2.45) is 11.8 Å². The monoisotopic (exact) mass is 212 g/mol. The van der Waals surface area contributed by atoms with Gasteiger partial charge in [-0.3, -0.25) is 0 Å². The number of hydrogen-bond acceptors (Lipinski definition) is 2. The Morgan fingerprint density at radius 3 is 2.53 bits per heavy atom. The first-order chi connectivity index (χ1) is 7.00. The molecule has 0 spiro atoms. The number of rotatable bonds is 4. The second kappa shape index (κ2) is 5.86. The zero-order valence-electron chi connectivity index (χ0n) is 11.1. The fraction of sp³-hybridized carbons (Fsp3) is 1.00. The SMILES string of the molecule is CC1CCNC(CN(C)C(C)C(C)C)C1. The Hall–Kier alpha value is -0.0800. The van der Waals surface area contributed by atoms with Crippen molar-refractivity contribution in [1.29, 1.82) is 0 Å². The van der Waals surface area contributed by atoms with E-state index in [0.29, 0.717) is 12.1 Å². The maximum Gasteiger partial charge on any atom is 0.0197 e. The molecule has 1 N–H and O–H groups in total. The summed E-state index contributed by atoms with van der Waals surface area (Å²) >= 11 is 0. The minimum Gasteiger partial charge on any atom is -0.313 e. The topological polar surface area (TPSA) is 15.3 Å². The molecule has 2 nitrogen and oxygen atoms in total. The lowest BCUT2D eigenvalue weighted by atomic mass is 9.93. The maximum atomic E-state index is 3.63. The van der Waals surface area contributed by atoms with Crippen LogP contribution in [0.5, 0.6) is 0 Å². The van der Waals surface area contributed by atoms with Gasteiger partial charge in [0.25, 0.3) is 0 Å². The molecule has 0 bridgehead atoms. The van der Waals surface area contributed by atoms with Gasteiger partial charge in [-0.25, -0.2) is 0 Å². The molecule has 3 unspecified atom stereocenters. The highest BCUT2D eigenvalue weighted by Gasteiger charge is 2.22. The van der Waals surface area contributed by atoms with Crippen LogP contribution in [0.2, 0.25) is 0 Å². The molecular formula is C13H28N2. The lowest BCUT2D eigenvalue weighted by Crippen LogP contribution is -2.47. The summed E-state index contributed by atoms with van der Waals surface area (Å²) in [6.45, 7) is 11.7. The third-order valence-electron chi connectivity index (χ3n) is 3.93. The Bertz CT molecular complexity index is 179. The van der Waals surface area contributed by atoms with Crippen molar-refractivity contribution in [2.45, 2.75) is 52.6 Å². The zero-order chi connectivity index (χ0) is 11.4. The van der Waals surface area contributed by atoms with Gasteiger partial charge in [-0.2, -0.15) is 0 Å². The van der Waals surface area contributed by atoms with E-state index in [1.54, 1.807) is 0 Å². The van der Waals surface area contributed by atoms with E-state index in [0.717, 1.165) is 11.8 Å². The van der Waals surface area contributed by atoms with Crippen molar-refractivity contribution in [2.75, 3.05) is 20.1 Å². The highest BCUT2D eigenvalue weighted by molar-refractivity contribution is 4.80. The molecule has 1 rings (SSSR count). The summed E-state index contributed by atoms with van der Waals surface area (Å²) in [7, 11) is 2.26. The van der Waals surface area contributed by atoms with Crippen molar-refractivity contribution >= 4 is 0 Å². The van der Waals surface area contributed by atoms with Crippen molar-refractivity contribution < 1.29 is 0 Å². The summed E-state index contributed by atoms with van der Waals surface area (Å²) in [6.07, 6.45) is 2.69. The Kier molecular flexibility index (Phi) is 5.07. The van der Waals surface area contributed by atoms with E-state index in [1.165, 1.54) is 25.9 Å². The summed E-state index contributed by atoms with van der Waals surface area (Å²) < 4.78 is 0. The Morgan fingerprint density at radius 1 is 1.33 bits per heavy atom. The molecule has 1 aliphatic heterocycles. The van der Waals surface area contributed by atoms with Crippen LogP contribution in [0.1, 0.15) is 40.5 Å². The van der Waals surface area contributed by atoms with Crippen LogP contribution in [0.3, 0.4) is 0 Å².